The monoisotopic (exact) mass is 136 g/mol. The number of hydrogen-bond acceptors (Lipinski definition) is 2. The lowest BCUT2D eigenvalue weighted by atomic mass is 10.0. The normalized spacial score (nSPS) is 29.4. The fourth-order valence-electron chi connectivity index (χ4n) is 1.27. The molecule has 0 aromatic rings. The first-order valence-corrected chi connectivity index (χ1v) is 3.36. The maximum atomic E-state index is 10.8. The number of amides is 1. The van der Waals surface area contributed by atoms with E-state index >= 15 is 0 Å². The summed E-state index contributed by atoms with van der Waals surface area (Å²) in [5.74, 6) is 0.0248. The predicted molar refractivity (Wildman–Crippen MR) is 38.0 cm³/mol. The molecule has 1 amide bonds. The lowest BCUT2D eigenvalue weighted by Gasteiger charge is -2.15. The summed E-state index contributed by atoms with van der Waals surface area (Å²) < 4.78 is 0. The molecule has 0 aromatic carbocycles. The van der Waals surface area contributed by atoms with E-state index in [1.165, 1.54) is 0 Å². The molecule has 0 spiro atoms. The van der Waals surface area contributed by atoms with Gasteiger partial charge in [0.25, 0.3) is 0 Å². The van der Waals surface area contributed by atoms with Crippen LogP contribution < -0.4 is 5.32 Å². The number of rotatable bonds is 0. The van der Waals surface area contributed by atoms with Gasteiger partial charge < -0.3 is 5.32 Å². The molecule has 3 heteroatoms. The fraction of sp³-hybridized carbons (Fsp3) is 0.429. The van der Waals surface area contributed by atoms with E-state index in [0.29, 0.717) is 6.54 Å². The van der Waals surface area contributed by atoms with Crippen LogP contribution in [-0.2, 0) is 4.79 Å². The number of carbonyl (C=O) groups is 1. The molecule has 3 nitrogen and oxygen atoms in total. The Morgan fingerprint density at radius 2 is 2.60 bits per heavy atom. The molecule has 0 fully saturated rings. The number of nitrogens with zero attached hydrogens (tertiary/aromatic N) is 1. The third kappa shape index (κ3) is 0.744. The number of fused-ring (bicyclic) bond motifs is 1. The standard InChI is InChI=1S/C7H8N2O/c10-7-3-5-1-2-8-6(5)4-9-7/h2-3,6H,1,4H2,(H,9,10). The number of hydrogen-bond donors (Lipinski definition) is 1. The van der Waals surface area contributed by atoms with Crippen molar-refractivity contribution in [3.05, 3.63) is 11.6 Å². The van der Waals surface area contributed by atoms with Crippen LogP contribution >= 0.6 is 0 Å². The second kappa shape index (κ2) is 1.94. The van der Waals surface area contributed by atoms with E-state index in [9.17, 15) is 4.79 Å². The van der Waals surface area contributed by atoms with Crippen LogP contribution in [0.1, 0.15) is 6.42 Å². The summed E-state index contributed by atoms with van der Waals surface area (Å²) >= 11 is 0. The van der Waals surface area contributed by atoms with E-state index in [-0.39, 0.29) is 11.9 Å². The largest absolute Gasteiger partial charge is 0.350 e. The Kier molecular flexibility index (Phi) is 1.09. The minimum atomic E-state index is 0.0248. The Labute approximate surface area is 58.8 Å². The molecule has 2 aliphatic heterocycles. The van der Waals surface area contributed by atoms with Crippen LogP contribution in [-0.4, -0.2) is 24.7 Å². The molecule has 0 saturated heterocycles. The summed E-state index contributed by atoms with van der Waals surface area (Å²) in [4.78, 5) is 14.9. The second-order valence-corrected chi connectivity index (χ2v) is 2.52. The van der Waals surface area contributed by atoms with Gasteiger partial charge in [-0.15, -0.1) is 0 Å². The van der Waals surface area contributed by atoms with Gasteiger partial charge in [-0.3, -0.25) is 9.79 Å². The first-order valence-electron chi connectivity index (χ1n) is 3.36. The van der Waals surface area contributed by atoms with Gasteiger partial charge in [0.1, 0.15) is 0 Å². The molecule has 0 bridgehead atoms. The van der Waals surface area contributed by atoms with Gasteiger partial charge in [-0.05, 0) is 5.57 Å². The summed E-state index contributed by atoms with van der Waals surface area (Å²) in [5.41, 5.74) is 1.16. The van der Waals surface area contributed by atoms with Crippen molar-refractivity contribution in [3.63, 3.8) is 0 Å². The fourth-order valence-corrected chi connectivity index (χ4v) is 1.27. The van der Waals surface area contributed by atoms with E-state index in [2.05, 4.69) is 10.3 Å². The maximum absolute atomic E-state index is 10.8. The minimum Gasteiger partial charge on any atom is -0.350 e. The van der Waals surface area contributed by atoms with Gasteiger partial charge in [0.2, 0.25) is 5.91 Å². The van der Waals surface area contributed by atoms with E-state index in [0.717, 1.165) is 12.0 Å². The van der Waals surface area contributed by atoms with Gasteiger partial charge in [0.05, 0.1) is 6.04 Å². The van der Waals surface area contributed by atoms with Crippen molar-refractivity contribution in [1.29, 1.82) is 0 Å². The van der Waals surface area contributed by atoms with Crippen LogP contribution in [0.15, 0.2) is 16.6 Å². The first kappa shape index (κ1) is 5.65. The minimum absolute atomic E-state index is 0.0248. The van der Waals surface area contributed by atoms with Crippen molar-refractivity contribution in [2.24, 2.45) is 4.99 Å². The van der Waals surface area contributed by atoms with Crippen molar-refractivity contribution in [2.75, 3.05) is 6.54 Å². The Morgan fingerprint density at radius 1 is 1.70 bits per heavy atom. The molecular formula is C7H8N2O. The number of carbonyl (C=O) groups excluding carboxylic acids is 1. The Hall–Kier alpha value is -1.12. The molecule has 1 N–H and O–H groups in total. The zero-order chi connectivity index (χ0) is 6.97. The average Bonchev–Trinajstić information content (AvgIpc) is 2.33. The van der Waals surface area contributed by atoms with E-state index in [1.807, 2.05) is 6.21 Å². The molecule has 2 rings (SSSR count). The molecule has 0 aliphatic carbocycles. The molecule has 0 saturated carbocycles. The van der Waals surface area contributed by atoms with Gasteiger partial charge >= 0.3 is 0 Å². The molecule has 10 heavy (non-hydrogen) atoms. The molecule has 0 radical (unpaired) electrons. The van der Waals surface area contributed by atoms with Crippen LogP contribution in [0.3, 0.4) is 0 Å². The van der Waals surface area contributed by atoms with Crippen molar-refractivity contribution in [3.8, 4) is 0 Å². The van der Waals surface area contributed by atoms with Crippen LogP contribution in [0.25, 0.3) is 0 Å². The highest BCUT2D eigenvalue weighted by Gasteiger charge is 2.21. The lowest BCUT2D eigenvalue weighted by molar-refractivity contribution is -0.116. The average molecular weight is 136 g/mol. The SMILES string of the molecule is O=C1C=C2CC=NC2CN1. The topological polar surface area (TPSA) is 41.5 Å². The van der Waals surface area contributed by atoms with E-state index in [4.69, 9.17) is 0 Å². The second-order valence-electron chi connectivity index (χ2n) is 2.52. The molecular weight excluding hydrogens is 128 g/mol. The zero-order valence-electron chi connectivity index (χ0n) is 5.50. The van der Waals surface area contributed by atoms with Gasteiger partial charge in [-0.25, -0.2) is 0 Å². The summed E-state index contributed by atoms with van der Waals surface area (Å²) in [6, 6.07) is 0.248. The molecule has 1 atom stereocenters. The molecule has 2 aliphatic rings. The van der Waals surface area contributed by atoms with Crippen molar-refractivity contribution < 1.29 is 4.79 Å². The number of nitrogens with one attached hydrogen (secondary N) is 1. The predicted octanol–water partition coefficient (Wildman–Crippen LogP) is -0.114. The molecule has 2 heterocycles. The van der Waals surface area contributed by atoms with Crippen molar-refractivity contribution in [1.82, 2.24) is 5.32 Å². The molecule has 52 valence electrons. The zero-order valence-corrected chi connectivity index (χ0v) is 5.50. The van der Waals surface area contributed by atoms with Gasteiger partial charge in [-0.1, -0.05) is 0 Å². The highest BCUT2D eigenvalue weighted by atomic mass is 16.1. The quantitative estimate of drug-likeness (QED) is 0.496. The summed E-state index contributed by atoms with van der Waals surface area (Å²) in [7, 11) is 0. The van der Waals surface area contributed by atoms with Crippen LogP contribution in [0.5, 0.6) is 0 Å². The summed E-state index contributed by atoms with van der Waals surface area (Å²) in [5, 5.41) is 2.72. The van der Waals surface area contributed by atoms with Gasteiger partial charge in [0.15, 0.2) is 0 Å². The highest BCUT2D eigenvalue weighted by Crippen LogP contribution is 2.17. The summed E-state index contributed by atoms with van der Waals surface area (Å²) in [6.07, 6.45) is 4.38. The van der Waals surface area contributed by atoms with Gasteiger partial charge in [-0.2, -0.15) is 0 Å². The Balaban J connectivity index is 2.28. The third-order valence-corrected chi connectivity index (χ3v) is 1.83. The summed E-state index contributed by atoms with van der Waals surface area (Å²) in [6.45, 7) is 0.682. The Morgan fingerprint density at radius 3 is 3.50 bits per heavy atom. The van der Waals surface area contributed by atoms with Crippen molar-refractivity contribution in [2.45, 2.75) is 12.5 Å². The Bertz CT molecular complexity index is 230. The third-order valence-electron chi connectivity index (χ3n) is 1.83. The van der Waals surface area contributed by atoms with Crippen molar-refractivity contribution >= 4 is 12.1 Å². The number of aliphatic imine (C=N–C) groups is 1. The van der Waals surface area contributed by atoms with Crippen LogP contribution in [0.2, 0.25) is 0 Å². The molecule has 0 aromatic heterocycles. The molecule has 1 unspecified atom stereocenters. The first-order chi connectivity index (χ1) is 4.86. The van der Waals surface area contributed by atoms with Gasteiger partial charge in [0, 0.05) is 25.3 Å². The van der Waals surface area contributed by atoms with Crippen LogP contribution in [0, 0.1) is 0 Å². The maximum Gasteiger partial charge on any atom is 0.244 e. The van der Waals surface area contributed by atoms with Crippen LogP contribution in [0.4, 0.5) is 0 Å². The lowest BCUT2D eigenvalue weighted by Crippen LogP contribution is -2.34. The highest BCUT2D eigenvalue weighted by molar-refractivity contribution is 5.91. The van der Waals surface area contributed by atoms with E-state index < -0.39 is 0 Å². The smallest absolute Gasteiger partial charge is 0.244 e. The van der Waals surface area contributed by atoms with E-state index in [1.54, 1.807) is 6.08 Å².